The number of carbonyl (C=O) groups is 1. The van der Waals surface area contributed by atoms with E-state index >= 15 is 0 Å². The summed E-state index contributed by atoms with van der Waals surface area (Å²) < 4.78 is 4.54. The Morgan fingerprint density at radius 2 is 1.14 bits per heavy atom. The third-order valence-electron chi connectivity index (χ3n) is 3.72. The Labute approximate surface area is 138 Å². The first-order valence-electron chi connectivity index (χ1n) is 9.40. The molecule has 0 radical (unpaired) electrons. The van der Waals surface area contributed by atoms with Crippen LogP contribution in [0.25, 0.3) is 0 Å². The first kappa shape index (κ1) is 23.7. The third-order valence-corrected chi connectivity index (χ3v) is 3.72. The van der Waals surface area contributed by atoms with Crippen LogP contribution in [-0.2, 0) is 9.53 Å². The maximum Gasteiger partial charge on any atom is 0.305 e. The Morgan fingerprint density at radius 3 is 1.55 bits per heavy atom. The summed E-state index contributed by atoms with van der Waals surface area (Å²) in [6, 6.07) is 0. The van der Waals surface area contributed by atoms with E-state index in [9.17, 15) is 4.79 Å². The zero-order chi connectivity index (χ0) is 16.9. The molecule has 0 bridgehead atoms. The summed E-state index contributed by atoms with van der Waals surface area (Å²) in [6.45, 7) is 4.80. The normalized spacial score (nSPS) is 10.0. The first-order valence-corrected chi connectivity index (χ1v) is 9.40. The smallest absolute Gasteiger partial charge is 0.305 e. The summed E-state index contributed by atoms with van der Waals surface area (Å²) in [5.41, 5.74) is 0. The quantitative estimate of drug-likeness (QED) is 0.333. The number of hydrogen-bond acceptors (Lipinski definition) is 3. The minimum absolute atomic E-state index is 0.0782. The van der Waals surface area contributed by atoms with Crippen molar-refractivity contribution in [3.63, 3.8) is 0 Å². The van der Waals surface area contributed by atoms with Crippen LogP contribution in [0.5, 0.6) is 0 Å². The highest BCUT2D eigenvalue weighted by Gasteiger charge is 1.98. The van der Waals surface area contributed by atoms with E-state index < -0.39 is 0 Å². The van der Waals surface area contributed by atoms with E-state index in [4.69, 9.17) is 5.11 Å². The van der Waals surface area contributed by atoms with E-state index in [1.807, 2.05) is 0 Å². The number of carbonyl (C=O) groups excluding carboxylic acids is 1. The van der Waals surface area contributed by atoms with Gasteiger partial charge >= 0.3 is 5.97 Å². The molecule has 0 fully saturated rings. The van der Waals surface area contributed by atoms with E-state index in [1.54, 1.807) is 0 Å². The van der Waals surface area contributed by atoms with Crippen LogP contribution in [0, 0.1) is 0 Å². The van der Waals surface area contributed by atoms with Crippen molar-refractivity contribution in [2.45, 2.75) is 104 Å². The van der Waals surface area contributed by atoms with Crippen molar-refractivity contribution < 1.29 is 14.6 Å². The molecule has 0 saturated carbocycles. The van der Waals surface area contributed by atoms with E-state index in [0.717, 1.165) is 19.3 Å². The molecule has 3 nitrogen and oxygen atoms in total. The molecule has 0 aliphatic heterocycles. The predicted octanol–water partition coefficient (Wildman–Crippen LogP) is 5.64. The van der Waals surface area contributed by atoms with Crippen LogP contribution < -0.4 is 0 Å². The summed E-state index contributed by atoms with van der Waals surface area (Å²) in [5.74, 6) is -0.0782. The molecule has 0 heterocycles. The highest BCUT2D eigenvalue weighted by molar-refractivity contribution is 5.68. The Balaban J connectivity index is 0. The SMILES string of the molecule is CCCCCCCCC(=O)OC.CCCCCCCCCO. The van der Waals surface area contributed by atoms with Crippen molar-refractivity contribution in [3.05, 3.63) is 0 Å². The van der Waals surface area contributed by atoms with Crippen molar-refractivity contribution in [3.8, 4) is 0 Å². The summed E-state index contributed by atoms with van der Waals surface area (Å²) in [5, 5.41) is 8.47. The van der Waals surface area contributed by atoms with Gasteiger partial charge in [0.2, 0.25) is 0 Å². The molecule has 134 valence electrons. The monoisotopic (exact) mass is 316 g/mol. The van der Waals surface area contributed by atoms with E-state index in [1.165, 1.54) is 71.3 Å². The van der Waals surface area contributed by atoms with Crippen molar-refractivity contribution in [1.29, 1.82) is 0 Å². The van der Waals surface area contributed by atoms with E-state index in [-0.39, 0.29) is 5.97 Å². The highest BCUT2D eigenvalue weighted by atomic mass is 16.5. The topological polar surface area (TPSA) is 46.5 Å². The molecule has 0 rings (SSSR count). The van der Waals surface area contributed by atoms with Gasteiger partial charge in [-0.2, -0.15) is 0 Å². The Bertz CT molecular complexity index is 197. The Morgan fingerprint density at radius 1 is 0.727 bits per heavy atom. The van der Waals surface area contributed by atoms with Crippen molar-refractivity contribution in [2.75, 3.05) is 13.7 Å². The number of esters is 1. The fourth-order valence-electron chi connectivity index (χ4n) is 2.22. The van der Waals surface area contributed by atoms with Gasteiger partial charge in [0.1, 0.15) is 0 Å². The highest BCUT2D eigenvalue weighted by Crippen LogP contribution is 2.07. The fraction of sp³-hybridized carbons (Fsp3) is 0.947. The summed E-state index contributed by atoms with van der Waals surface area (Å²) in [4.78, 5) is 10.7. The maximum absolute atomic E-state index is 10.7. The second-order valence-corrected chi connectivity index (χ2v) is 5.94. The fourth-order valence-corrected chi connectivity index (χ4v) is 2.22. The van der Waals surface area contributed by atoms with Gasteiger partial charge in [0, 0.05) is 13.0 Å². The number of aliphatic hydroxyl groups excluding tert-OH is 1. The van der Waals surface area contributed by atoms with Gasteiger partial charge in [0.15, 0.2) is 0 Å². The van der Waals surface area contributed by atoms with Crippen LogP contribution in [-0.4, -0.2) is 24.8 Å². The van der Waals surface area contributed by atoms with Crippen LogP contribution in [0.15, 0.2) is 0 Å². The van der Waals surface area contributed by atoms with Gasteiger partial charge in [-0.25, -0.2) is 0 Å². The maximum atomic E-state index is 10.7. The third kappa shape index (κ3) is 24.4. The standard InChI is InChI=1S/C10H20O2.C9H20O/c1-3-4-5-6-7-8-9-10(11)12-2;1-2-3-4-5-6-7-8-9-10/h3-9H2,1-2H3;10H,2-9H2,1H3. The first-order chi connectivity index (χ1) is 10.7. The number of methoxy groups -OCH3 is 1. The molecule has 0 spiro atoms. The van der Waals surface area contributed by atoms with Crippen molar-refractivity contribution >= 4 is 5.97 Å². The summed E-state index contributed by atoms with van der Waals surface area (Å²) in [7, 11) is 1.44. The minimum Gasteiger partial charge on any atom is -0.469 e. The second-order valence-electron chi connectivity index (χ2n) is 5.94. The van der Waals surface area contributed by atoms with Crippen LogP contribution >= 0.6 is 0 Å². The molecule has 0 amide bonds. The average molecular weight is 317 g/mol. The summed E-state index contributed by atoms with van der Waals surface area (Å²) >= 11 is 0. The van der Waals surface area contributed by atoms with Gasteiger partial charge in [0.25, 0.3) is 0 Å². The molecule has 1 N–H and O–H groups in total. The van der Waals surface area contributed by atoms with Crippen molar-refractivity contribution in [1.82, 2.24) is 0 Å². The molecule has 0 aliphatic rings. The zero-order valence-corrected chi connectivity index (χ0v) is 15.4. The Kier molecular flexibility index (Phi) is 24.5. The minimum atomic E-state index is -0.0782. The molecule has 0 atom stereocenters. The molecule has 0 aromatic carbocycles. The molecule has 0 aromatic rings. The van der Waals surface area contributed by atoms with Gasteiger partial charge in [-0.1, -0.05) is 84.5 Å². The van der Waals surface area contributed by atoms with Gasteiger partial charge < -0.3 is 9.84 Å². The molecule has 0 unspecified atom stereocenters. The zero-order valence-electron chi connectivity index (χ0n) is 15.4. The second kappa shape index (κ2) is 22.7. The largest absolute Gasteiger partial charge is 0.469 e. The molecular weight excluding hydrogens is 276 g/mol. The molecule has 3 heteroatoms. The van der Waals surface area contributed by atoms with Crippen LogP contribution in [0.3, 0.4) is 0 Å². The summed E-state index contributed by atoms with van der Waals surface area (Å²) in [6.07, 6.45) is 16.8. The van der Waals surface area contributed by atoms with Gasteiger partial charge in [-0.3, -0.25) is 4.79 Å². The van der Waals surface area contributed by atoms with Gasteiger partial charge in [-0.15, -0.1) is 0 Å². The average Bonchev–Trinajstić information content (AvgIpc) is 2.54. The number of aliphatic hydroxyl groups is 1. The van der Waals surface area contributed by atoms with Crippen LogP contribution in [0.1, 0.15) is 104 Å². The molecule has 0 aromatic heterocycles. The van der Waals surface area contributed by atoms with E-state index in [0.29, 0.717) is 13.0 Å². The van der Waals surface area contributed by atoms with Crippen LogP contribution in [0.2, 0.25) is 0 Å². The van der Waals surface area contributed by atoms with Gasteiger partial charge in [0.05, 0.1) is 7.11 Å². The molecule has 0 saturated heterocycles. The number of hydrogen-bond donors (Lipinski definition) is 1. The Hall–Kier alpha value is -0.570. The lowest BCUT2D eigenvalue weighted by molar-refractivity contribution is -0.140. The lowest BCUT2D eigenvalue weighted by atomic mass is 10.1. The number of unbranched alkanes of at least 4 members (excludes halogenated alkanes) is 11. The van der Waals surface area contributed by atoms with E-state index in [2.05, 4.69) is 18.6 Å². The molecule has 22 heavy (non-hydrogen) atoms. The predicted molar refractivity (Wildman–Crippen MR) is 95.1 cm³/mol. The molecule has 0 aliphatic carbocycles. The van der Waals surface area contributed by atoms with Gasteiger partial charge in [-0.05, 0) is 12.8 Å². The number of ether oxygens (including phenoxy) is 1. The lowest BCUT2D eigenvalue weighted by Crippen LogP contribution is -1.98. The molecular formula is C19H40O3. The number of rotatable bonds is 14. The lowest BCUT2D eigenvalue weighted by Gasteiger charge is -1.99. The van der Waals surface area contributed by atoms with Crippen molar-refractivity contribution in [2.24, 2.45) is 0 Å². The van der Waals surface area contributed by atoms with Crippen LogP contribution in [0.4, 0.5) is 0 Å².